The fourth-order valence-corrected chi connectivity index (χ4v) is 4.74. The molecule has 0 bridgehead atoms. The van der Waals surface area contributed by atoms with Crippen molar-refractivity contribution in [3.05, 3.63) is 59.7 Å². The third-order valence-corrected chi connectivity index (χ3v) is 6.66. The molecule has 8 nitrogen and oxygen atoms in total. The van der Waals surface area contributed by atoms with Crippen LogP contribution in [0.15, 0.2) is 48.5 Å². The molecular weight excluding hydrogens is 430 g/mol. The molecule has 2 aromatic carbocycles. The quantitative estimate of drug-likeness (QED) is 0.403. The predicted molar refractivity (Wildman–Crippen MR) is 124 cm³/mol. The van der Waals surface area contributed by atoms with Gasteiger partial charge in [-0.15, -0.1) is 0 Å². The van der Waals surface area contributed by atoms with Gasteiger partial charge in [-0.25, -0.2) is 9.86 Å². The Morgan fingerprint density at radius 1 is 1.12 bits per heavy atom. The van der Waals surface area contributed by atoms with E-state index in [1.165, 1.54) is 0 Å². The van der Waals surface area contributed by atoms with Crippen molar-refractivity contribution in [2.45, 2.75) is 43.7 Å². The summed E-state index contributed by atoms with van der Waals surface area (Å²) in [6.45, 7) is 1.29. The maximum atomic E-state index is 11.6. The van der Waals surface area contributed by atoms with Crippen LogP contribution in [0, 0.1) is 0 Å². The van der Waals surface area contributed by atoms with Gasteiger partial charge in [0.25, 0.3) is 10.2 Å². The van der Waals surface area contributed by atoms with Crippen LogP contribution in [-0.4, -0.2) is 46.4 Å². The summed E-state index contributed by atoms with van der Waals surface area (Å²) in [6.07, 6.45) is 3.49. The van der Waals surface area contributed by atoms with Crippen LogP contribution in [0.1, 0.15) is 36.8 Å². The molecule has 9 heteroatoms. The first kappa shape index (κ1) is 24.5. The van der Waals surface area contributed by atoms with Gasteiger partial charge in [0.2, 0.25) is 0 Å². The summed E-state index contributed by atoms with van der Waals surface area (Å²) in [4.78, 5) is 0. The molecule has 176 valence electrons. The van der Waals surface area contributed by atoms with E-state index in [4.69, 9.17) is 19.7 Å². The normalized spacial score (nSPS) is 21.3. The summed E-state index contributed by atoms with van der Waals surface area (Å²) in [7, 11) is -2.15. The number of hydrogen-bond donors (Lipinski definition) is 4. The van der Waals surface area contributed by atoms with Gasteiger partial charge in [-0.2, -0.15) is 8.42 Å². The topological polar surface area (TPSA) is 123 Å². The summed E-state index contributed by atoms with van der Waals surface area (Å²) in [5.41, 5.74) is 1.89. The van der Waals surface area contributed by atoms with Crippen LogP contribution in [0.3, 0.4) is 0 Å². The monoisotopic (exact) mass is 463 g/mol. The molecule has 1 aliphatic carbocycles. The molecule has 0 saturated heterocycles. The molecule has 0 amide bonds. The Hall–Kier alpha value is -2.17. The minimum atomic E-state index is -3.78. The Bertz CT molecular complexity index is 958. The molecule has 0 aromatic heterocycles. The lowest BCUT2D eigenvalue weighted by atomic mass is 9.68. The molecule has 32 heavy (non-hydrogen) atoms. The average molecular weight is 464 g/mol. The number of nitrogens with one attached hydrogen (secondary N) is 2. The number of aliphatic hydroxyl groups is 1. The van der Waals surface area contributed by atoms with Crippen molar-refractivity contribution in [2.75, 3.05) is 26.9 Å². The van der Waals surface area contributed by atoms with E-state index in [1.54, 1.807) is 7.11 Å². The zero-order chi connectivity index (χ0) is 23.0. The highest BCUT2D eigenvalue weighted by Crippen LogP contribution is 2.40. The van der Waals surface area contributed by atoms with Crippen LogP contribution >= 0.6 is 0 Å². The third kappa shape index (κ3) is 6.91. The van der Waals surface area contributed by atoms with Gasteiger partial charge in [-0.05, 0) is 61.1 Å². The third-order valence-electron chi connectivity index (χ3n) is 6.11. The van der Waals surface area contributed by atoms with Crippen molar-refractivity contribution < 1.29 is 23.0 Å². The number of aliphatic hydroxyl groups excluding tert-OH is 1. The summed E-state index contributed by atoms with van der Waals surface area (Å²) in [5, 5.41) is 17.7. The molecule has 1 fully saturated rings. The first-order valence-corrected chi connectivity index (χ1v) is 12.4. The highest BCUT2D eigenvalue weighted by Gasteiger charge is 2.37. The van der Waals surface area contributed by atoms with Gasteiger partial charge in [0.15, 0.2) is 0 Å². The largest absolute Gasteiger partial charge is 0.497 e. The fraction of sp³-hybridized carbons (Fsp3) is 0.478. The molecule has 0 unspecified atom stereocenters. The second-order valence-electron chi connectivity index (χ2n) is 8.25. The standard InChI is InChI=1S/C23H33N3O5S/c1-30-22-4-2-3-19(15-22)23(17-26-32(24,28)29)11-9-20(10-12-23)25-16-18-5-7-21(8-6-18)31-14-13-27/h2-8,15,20,25-27H,9-14,16-17H2,1H3,(H2,24,28,29)/t20-,23-. The van der Waals surface area contributed by atoms with E-state index < -0.39 is 10.2 Å². The highest BCUT2D eigenvalue weighted by atomic mass is 32.2. The predicted octanol–water partition coefficient (Wildman–Crippen LogP) is 1.83. The Balaban J connectivity index is 1.62. The zero-order valence-electron chi connectivity index (χ0n) is 18.4. The lowest BCUT2D eigenvalue weighted by Gasteiger charge is -2.41. The SMILES string of the molecule is COc1cccc([C@]2(CNS(N)(=O)=O)CC[C@@H](NCc3ccc(OCCO)cc3)CC2)c1. The number of methoxy groups -OCH3 is 1. The van der Waals surface area contributed by atoms with Gasteiger partial charge in [-0.3, -0.25) is 0 Å². The van der Waals surface area contributed by atoms with Gasteiger partial charge < -0.3 is 19.9 Å². The first-order valence-electron chi connectivity index (χ1n) is 10.8. The average Bonchev–Trinajstić information content (AvgIpc) is 2.81. The van der Waals surface area contributed by atoms with Gasteiger partial charge >= 0.3 is 0 Å². The molecule has 2 aromatic rings. The fourth-order valence-electron chi connectivity index (χ4n) is 4.26. The second kappa shape index (κ2) is 11.1. The molecule has 5 N–H and O–H groups in total. The number of benzene rings is 2. The first-order chi connectivity index (χ1) is 15.3. The van der Waals surface area contributed by atoms with Crippen molar-refractivity contribution >= 4 is 10.2 Å². The van der Waals surface area contributed by atoms with E-state index in [1.807, 2.05) is 48.5 Å². The van der Waals surface area contributed by atoms with E-state index in [9.17, 15) is 8.42 Å². The maximum absolute atomic E-state index is 11.6. The summed E-state index contributed by atoms with van der Waals surface area (Å²) in [5.74, 6) is 1.50. The van der Waals surface area contributed by atoms with E-state index in [0.29, 0.717) is 6.04 Å². The van der Waals surface area contributed by atoms with Crippen molar-refractivity contribution in [1.29, 1.82) is 0 Å². The maximum Gasteiger partial charge on any atom is 0.274 e. The molecule has 0 aliphatic heterocycles. The zero-order valence-corrected chi connectivity index (χ0v) is 19.2. The highest BCUT2D eigenvalue weighted by molar-refractivity contribution is 7.87. The Morgan fingerprint density at radius 3 is 2.47 bits per heavy atom. The van der Waals surface area contributed by atoms with Crippen LogP contribution < -0.4 is 24.7 Å². The van der Waals surface area contributed by atoms with Crippen LogP contribution in [-0.2, 0) is 22.2 Å². The van der Waals surface area contributed by atoms with Gasteiger partial charge in [0.05, 0.1) is 13.7 Å². The number of ether oxygens (including phenoxy) is 2. The van der Waals surface area contributed by atoms with E-state index >= 15 is 0 Å². The van der Waals surface area contributed by atoms with E-state index in [0.717, 1.165) is 54.9 Å². The van der Waals surface area contributed by atoms with Crippen molar-refractivity contribution in [3.8, 4) is 11.5 Å². The van der Waals surface area contributed by atoms with Gasteiger partial charge in [0.1, 0.15) is 18.1 Å². The number of hydrogen-bond acceptors (Lipinski definition) is 6. The lowest BCUT2D eigenvalue weighted by Crippen LogP contribution is -2.47. The van der Waals surface area contributed by atoms with Crippen LogP contribution in [0.5, 0.6) is 11.5 Å². The Kier molecular flexibility index (Phi) is 8.50. The minimum Gasteiger partial charge on any atom is -0.497 e. The van der Waals surface area contributed by atoms with Crippen molar-refractivity contribution in [3.63, 3.8) is 0 Å². The molecule has 0 spiro atoms. The van der Waals surface area contributed by atoms with Crippen LogP contribution in [0.2, 0.25) is 0 Å². The Morgan fingerprint density at radius 2 is 1.84 bits per heavy atom. The number of nitrogens with two attached hydrogens (primary N) is 1. The lowest BCUT2D eigenvalue weighted by molar-refractivity contribution is 0.201. The smallest absolute Gasteiger partial charge is 0.274 e. The summed E-state index contributed by atoms with van der Waals surface area (Å²) < 4.78 is 36.5. The summed E-state index contributed by atoms with van der Waals surface area (Å²) in [6, 6.07) is 16.0. The molecule has 3 rings (SSSR count). The minimum absolute atomic E-state index is 0.00499. The molecule has 0 radical (unpaired) electrons. The molecule has 0 atom stereocenters. The van der Waals surface area contributed by atoms with Crippen molar-refractivity contribution in [2.24, 2.45) is 5.14 Å². The van der Waals surface area contributed by atoms with E-state index in [2.05, 4.69) is 10.0 Å². The van der Waals surface area contributed by atoms with Gasteiger partial charge in [0, 0.05) is 24.5 Å². The number of rotatable bonds is 11. The van der Waals surface area contributed by atoms with E-state index in [-0.39, 0.29) is 25.2 Å². The van der Waals surface area contributed by atoms with Crippen LogP contribution in [0.4, 0.5) is 0 Å². The molecular formula is C23H33N3O5S. The Labute approximate surface area is 190 Å². The van der Waals surface area contributed by atoms with Gasteiger partial charge in [-0.1, -0.05) is 24.3 Å². The molecule has 1 saturated carbocycles. The second-order valence-corrected chi connectivity index (χ2v) is 9.63. The van der Waals surface area contributed by atoms with Crippen molar-refractivity contribution in [1.82, 2.24) is 10.0 Å². The molecule has 0 heterocycles. The summed E-state index contributed by atoms with van der Waals surface area (Å²) >= 11 is 0. The van der Waals surface area contributed by atoms with Crippen LogP contribution in [0.25, 0.3) is 0 Å². The molecule has 1 aliphatic rings.